The lowest BCUT2D eigenvalue weighted by Crippen LogP contribution is -1.94. The maximum Gasteiger partial charge on any atom is 0.185 e. The van der Waals surface area contributed by atoms with Gasteiger partial charge in [0, 0.05) is 34.4 Å². The summed E-state index contributed by atoms with van der Waals surface area (Å²) in [4.78, 5) is 12.6. The molecule has 0 saturated heterocycles. The molecule has 0 radical (unpaired) electrons. The highest BCUT2D eigenvalue weighted by atomic mass is 16.1. The zero-order valence-corrected chi connectivity index (χ0v) is 16.7. The number of benzene rings is 4. The predicted octanol–water partition coefficient (Wildman–Crippen LogP) is 6.89. The molecule has 0 aliphatic rings. The van der Waals surface area contributed by atoms with E-state index in [-0.39, 0.29) is 5.78 Å². The number of fused-ring (bicyclic) bond motifs is 3. The Morgan fingerprint density at radius 2 is 1.37 bits per heavy atom. The molecule has 0 atom stereocenters. The fraction of sp³-hybridized carbons (Fsp3) is 0.0357. The fourth-order valence-electron chi connectivity index (χ4n) is 4.01. The van der Waals surface area contributed by atoms with Crippen LogP contribution in [0.25, 0.3) is 39.0 Å². The molecular weight excluding hydrogens is 366 g/mol. The Balaban J connectivity index is 1.40. The number of aryl methyl sites for hydroxylation is 1. The molecule has 0 bridgehead atoms. The van der Waals surface area contributed by atoms with E-state index in [1.165, 1.54) is 16.3 Å². The van der Waals surface area contributed by atoms with Crippen molar-refractivity contribution in [3.05, 3.63) is 114 Å². The Morgan fingerprint density at radius 3 is 2.17 bits per heavy atom. The van der Waals surface area contributed by atoms with E-state index in [1.54, 1.807) is 6.08 Å². The Morgan fingerprint density at radius 1 is 0.700 bits per heavy atom. The van der Waals surface area contributed by atoms with E-state index in [1.807, 2.05) is 48.5 Å². The highest BCUT2D eigenvalue weighted by Gasteiger charge is 2.08. The van der Waals surface area contributed by atoms with Crippen molar-refractivity contribution in [1.29, 1.82) is 0 Å². The third-order valence-electron chi connectivity index (χ3n) is 5.64. The summed E-state index contributed by atoms with van der Waals surface area (Å²) in [5.41, 5.74) is 6.34. The molecule has 0 amide bonds. The van der Waals surface area contributed by atoms with Crippen LogP contribution in [0.4, 0.5) is 0 Å². The van der Waals surface area contributed by atoms with E-state index in [9.17, 15) is 4.79 Å². The van der Waals surface area contributed by atoms with E-state index < -0.39 is 0 Å². The first-order chi connectivity index (χ1) is 14.7. The van der Waals surface area contributed by atoms with Gasteiger partial charge in [-0.2, -0.15) is 0 Å². The first-order valence-corrected chi connectivity index (χ1v) is 10.1. The molecule has 0 saturated carbocycles. The number of para-hydroxylation sites is 1. The lowest BCUT2D eigenvalue weighted by atomic mass is 10.0. The number of rotatable bonds is 4. The summed E-state index contributed by atoms with van der Waals surface area (Å²) in [5, 5.41) is 2.48. The summed E-state index contributed by atoms with van der Waals surface area (Å²) in [5.74, 6) is 0.00625. The number of carbonyl (C=O) groups is 1. The molecule has 0 aliphatic heterocycles. The third kappa shape index (κ3) is 3.23. The van der Waals surface area contributed by atoms with Crippen LogP contribution in [0.5, 0.6) is 0 Å². The standard InChI is InChI=1S/C28H21NO/c1-29-26-10-6-5-9-24(26)25-17-11-20(19-27(25)29)12-18-28(30)23-15-13-22(14-16-23)21-7-3-2-4-8-21/h2-19H,1H3. The molecule has 1 heterocycles. The highest BCUT2D eigenvalue weighted by Crippen LogP contribution is 2.29. The molecule has 0 unspecified atom stereocenters. The van der Waals surface area contributed by atoms with Gasteiger partial charge in [0.05, 0.1) is 0 Å². The van der Waals surface area contributed by atoms with Crippen molar-refractivity contribution in [2.75, 3.05) is 0 Å². The van der Waals surface area contributed by atoms with Crippen molar-refractivity contribution in [1.82, 2.24) is 4.57 Å². The summed E-state index contributed by atoms with van der Waals surface area (Å²) in [6, 6.07) is 32.7. The van der Waals surface area contributed by atoms with Gasteiger partial charge in [0.25, 0.3) is 0 Å². The minimum atomic E-state index is 0.00625. The summed E-state index contributed by atoms with van der Waals surface area (Å²) in [6.45, 7) is 0. The molecule has 4 aromatic carbocycles. The summed E-state index contributed by atoms with van der Waals surface area (Å²) in [6.07, 6.45) is 3.55. The van der Waals surface area contributed by atoms with Gasteiger partial charge in [-0.15, -0.1) is 0 Å². The quantitative estimate of drug-likeness (QED) is 0.243. The molecular formula is C28H21NO. The average Bonchev–Trinajstić information content (AvgIpc) is 3.10. The van der Waals surface area contributed by atoms with Crippen LogP contribution in [0.1, 0.15) is 15.9 Å². The Hall–Kier alpha value is -3.91. The molecule has 144 valence electrons. The van der Waals surface area contributed by atoms with Crippen LogP contribution in [0.3, 0.4) is 0 Å². The molecule has 0 fully saturated rings. The molecule has 30 heavy (non-hydrogen) atoms. The van der Waals surface area contributed by atoms with Gasteiger partial charge in [-0.05, 0) is 34.9 Å². The molecule has 5 rings (SSSR count). The zero-order valence-electron chi connectivity index (χ0n) is 16.7. The van der Waals surface area contributed by atoms with Crippen LogP contribution < -0.4 is 0 Å². The van der Waals surface area contributed by atoms with Crippen LogP contribution >= 0.6 is 0 Å². The van der Waals surface area contributed by atoms with Crippen LogP contribution in [-0.2, 0) is 7.05 Å². The first kappa shape index (κ1) is 18.1. The van der Waals surface area contributed by atoms with Gasteiger partial charge in [-0.3, -0.25) is 4.79 Å². The second-order valence-corrected chi connectivity index (χ2v) is 7.49. The molecule has 0 aliphatic carbocycles. The van der Waals surface area contributed by atoms with Crippen LogP contribution in [0.15, 0.2) is 103 Å². The maximum absolute atomic E-state index is 12.6. The second kappa shape index (κ2) is 7.49. The SMILES string of the molecule is Cn1c2ccccc2c2ccc(C=CC(=O)c3ccc(-c4ccccc4)cc3)cc21. The average molecular weight is 387 g/mol. The fourth-order valence-corrected chi connectivity index (χ4v) is 4.01. The number of aromatic nitrogens is 1. The van der Waals surface area contributed by atoms with Crippen molar-refractivity contribution in [3.8, 4) is 11.1 Å². The van der Waals surface area contributed by atoms with Crippen LogP contribution in [0, 0.1) is 0 Å². The van der Waals surface area contributed by atoms with Crippen molar-refractivity contribution in [2.24, 2.45) is 7.05 Å². The van der Waals surface area contributed by atoms with E-state index in [2.05, 4.69) is 66.2 Å². The normalized spacial score (nSPS) is 11.5. The van der Waals surface area contributed by atoms with Crippen LogP contribution in [-0.4, -0.2) is 10.4 Å². The zero-order chi connectivity index (χ0) is 20.5. The summed E-state index contributed by atoms with van der Waals surface area (Å²) < 4.78 is 2.20. The topological polar surface area (TPSA) is 22.0 Å². The third-order valence-corrected chi connectivity index (χ3v) is 5.64. The lowest BCUT2D eigenvalue weighted by molar-refractivity contribution is 0.104. The molecule has 5 aromatic rings. The van der Waals surface area contributed by atoms with Gasteiger partial charge in [0.15, 0.2) is 5.78 Å². The van der Waals surface area contributed by atoms with E-state index in [4.69, 9.17) is 0 Å². The van der Waals surface area contributed by atoms with Gasteiger partial charge < -0.3 is 4.57 Å². The van der Waals surface area contributed by atoms with Crippen molar-refractivity contribution in [2.45, 2.75) is 0 Å². The Bertz CT molecular complexity index is 1390. The summed E-state index contributed by atoms with van der Waals surface area (Å²) in [7, 11) is 2.08. The summed E-state index contributed by atoms with van der Waals surface area (Å²) >= 11 is 0. The number of hydrogen-bond donors (Lipinski definition) is 0. The predicted molar refractivity (Wildman–Crippen MR) is 126 cm³/mol. The van der Waals surface area contributed by atoms with Gasteiger partial charge in [-0.1, -0.05) is 91.0 Å². The molecule has 0 N–H and O–H groups in total. The van der Waals surface area contributed by atoms with Gasteiger partial charge in [-0.25, -0.2) is 0 Å². The number of carbonyl (C=O) groups excluding carboxylic acids is 1. The van der Waals surface area contributed by atoms with Crippen molar-refractivity contribution in [3.63, 3.8) is 0 Å². The van der Waals surface area contributed by atoms with Gasteiger partial charge in [0.2, 0.25) is 0 Å². The van der Waals surface area contributed by atoms with Gasteiger partial charge >= 0.3 is 0 Å². The highest BCUT2D eigenvalue weighted by molar-refractivity contribution is 6.09. The molecule has 2 nitrogen and oxygen atoms in total. The van der Waals surface area contributed by atoms with E-state index in [0.29, 0.717) is 5.56 Å². The monoisotopic (exact) mass is 387 g/mol. The minimum absolute atomic E-state index is 0.00625. The number of nitrogens with zero attached hydrogens (tertiary/aromatic N) is 1. The number of ketones is 1. The Kier molecular flexibility index (Phi) is 4.53. The van der Waals surface area contributed by atoms with E-state index >= 15 is 0 Å². The molecule has 0 spiro atoms. The van der Waals surface area contributed by atoms with Gasteiger partial charge in [0.1, 0.15) is 0 Å². The maximum atomic E-state index is 12.6. The molecule has 1 aromatic heterocycles. The van der Waals surface area contributed by atoms with Crippen LogP contribution in [0.2, 0.25) is 0 Å². The molecule has 2 heteroatoms. The van der Waals surface area contributed by atoms with Crippen molar-refractivity contribution >= 4 is 33.7 Å². The second-order valence-electron chi connectivity index (χ2n) is 7.49. The Labute approximate surface area is 175 Å². The lowest BCUT2D eigenvalue weighted by Gasteiger charge is -2.02. The first-order valence-electron chi connectivity index (χ1n) is 10.1. The number of allylic oxidation sites excluding steroid dienone is 1. The largest absolute Gasteiger partial charge is 0.344 e. The van der Waals surface area contributed by atoms with Crippen molar-refractivity contribution < 1.29 is 4.79 Å². The van der Waals surface area contributed by atoms with E-state index in [0.717, 1.165) is 22.2 Å². The number of hydrogen-bond acceptors (Lipinski definition) is 1. The smallest absolute Gasteiger partial charge is 0.185 e. The minimum Gasteiger partial charge on any atom is -0.344 e.